The molecule has 1 heterocycles. The molecule has 6 heteroatoms. The molecule has 1 aromatic heterocycles. The molecule has 1 aromatic rings. The SMILES string of the molecule is CC(C)CNC(=O)CNC(=O)c1ncccc1C#CCN. The molecule has 2 amide bonds. The van der Waals surface area contributed by atoms with E-state index in [0.717, 1.165) is 0 Å². The maximum atomic E-state index is 12.0. The third-order valence-corrected chi connectivity index (χ3v) is 2.46. The van der Waals surface area contributed by atoms with E-state index < -0.39 is 5.91 Å². The van der Waals surface area contributed by atoms with Crippen molar-refractivity contribution >= 4 is 11.8 Å². The molecule has 0 radical (unpaired) electrons. The van der Waals surface area contributed by atoms with E-state index in [2.05, 4.69) is 27.5 Å². The number of hydrogen-bond acceptors (Lipinski definition) is 4. The second-order valence-corrected chi connectivity index (χ2v) is 4.79. The lowest BCUT2D eigenvalue weighted by molar-refractivity contribution is -0.120. The Morgan fingerprint density at radius 1 is 1.38 bits per heavy atom. The number of aromatic nitrogens is 1. The van der Waals surface area contributed by atoms with Crippen molar-refractivity contribution in [1.82, 2.24) is 15.6 Å². The number of carbonyl (C=O) groups excluding carboxylic acids is 2. The summed E-state index contributed by atoms with van der Waals surface area (Å²) in [7, 11) is 0. The van der Waals surface area contributed by atoms with Crippen molar-refractivity contribution in [2.45, 2.75) is 13.8 Å². The summed E-state index contributed by atoms with van der Waals surface area (Å²) < 4.78 is 0. The van der Waals surface area contributed by atoms with Gasteiger partial charge in [-0.05, 0) is 18.1 Å². The van der Waals surface area contributed by atoms with Crippen molar-refractivity contribution in [2.24, 2.45) is 11.7 Å². The van der Waals surface area contributed by atoms with E-state index in [-0.39, 0.29) is 24.7 Å². The number of rotatable bonds is 5. The zero-order valence-electron chi connectivity index (χ0n) is 12.3. The van der Waals surface area contributed by atoms with Gasteiger partial charge < -0.3 is 16.4 Å². The first-order valence-electron chi connectivity index (χ1n) is 6.73. The minimum absolute atomic E-state index is 0.0914. The molecule has 1 rings (SSSR count). The Balaban J connectivity index is 2.62. The number of nitrogens with two attached hydrogens (primary N) is 1. The van der Waals surface area contributed by atoms with Crippen LogP contribution in [-0.4, -0.2) is 36.4 Å². The van der Waals surface area contributed by atoms with Crippen molar-refractivity contribution in [3.05, 3.63) is 29.6 Å². The molecule has 112 valence electrons. The second-order valence-electron chi connectivity index (χ2n) is 4.79. The fourth-order valence-corrected chi connectivity index (χ4v) is 1.46. The summed E-state index contributed by atoms with van der Waals surface area (Å²) in [5.74, 6) is 5.15. The van der Waals surface area contributed by atoms with Crippen LogP contribution in [0.5, 0.6) is 0 Å². The normalized spacial score (nSPS) is 9.71. The average Bonchev–Trinajstić information content (AvgIpc) is 2.48. The van der Waals surface area contributed by atoms with Crippen LogP contribution in [0.25, 0.3) is 0 Å². The number of nitrogens with zero attached hydrogens (tertiary/aromatic N) is 1. The summed E-state index contributed by atoms with van der Waals surface area (Å²) in [6.07, 6.45) is 1.50. The van der Waals surface area contributed by atoms with Crippen LogP contribution >= 0.6 is 0 Å². The molecule has 0 saturated carbocycles. The molecule has 4 N–H and O–H groups in total. The molecule has 0 unspecified atom stereocenters. The average molecular weight is 288 g/mol. The van der Waals surface area contributed by atoms with Crippen LogP contribution in [-0.2, 0) is 4.79 Å². The van der Waals surface area contributed by atoms with E-state index in [1.165, 1.54) is 6.20 Å². The largest absolute Gasteiger partial charge is 0.354 e. The molecule has 0 aromatic carbocycles. The molecule has 0 aliphatic carbocycles. The fourth-order valence-electron chi connectivity index (χ4n) is 1.46. The Labute approximate surface area is 124 Å². The highest BCUT2D eigenvalue weighted by Gasteiger charge is 2.12. The van der Waals surface area contributed by atoms with E-state index in [1.54, 1.807) is 12.1 Å². The summed E-state index contributed by atoms with van der Waals surface area (Å²) in [6, 6.07) is 3.37. The summed E-state index contributed by atoms with van der Waals surface area (Å²) in [6.45, 7) is 4.68. The lowest BCUT2D eigenvalue weighted by Gasteiger charge is -2.09. The van der Waals surface area contributed by atoms with Crippen LogP contribution < -0.4 is 16.4 Å². The van der Waals surface area contributed by atoms with Crippen LogP contribution in [0, 0.1) is 17.8 Å². The zero-order valence-corrected chi connectivity index (χ0v) is 12.3. The monoisotopic (exact) mass is 288 g/mol. The Morgan fingerprint density at radius 2 is 2.14 bits per heavy atom. The third kappa shape index (κ3) is 6.06. The van der Waals surface area contributed by atoms with Gasteiger partial charge in [-0.3, -0.25) is 9.59 Å². The minimum Gasteiger partial charge on any atom is -0.354 e. The van der Waals surface area contributed by atoms with Crippen LogP contribution in [0.3, 0.4) is 0 Å². The summed E-state index contributed by atoms with van der Waals surface area (Å²) in [5, 5.41) is 5.25. The molecule has 0 spiro atoms. The molecule has 0 fully saturated rings. The number of amides is 2. The van der Waals surface area contributed by atoms with E-state index in [9.17, 15) is 9.59 Å². The third-order valence-electron chi connectivity index (χ3n) is 2.46. The fraction of sp³-hybridized carbons (Fsp3) is 0.400. The van der Waals surface area contributed by atoms with Gasteiger partial charge in [0.2, 0.25) is 5.91 Å². The van der Waals surface area contributed by atoms with Gasteiger partial charge in [-0.2, -0.15) is 0 Å². The first-order valence-corrected chi connectivity index (χ1v) is 6.73. The predicted molar refractivity (Wildman–Crippen MR) is 80.4 cm³/mol. The molecule has 0 aliphatic heterocycles. The molecule has 0 bridgehead atoms. The van der Waals surface area contributed by atoms with Crippen molar-refractivity contribution in [3.63, 3.8) is 0 Å². The highest BCUT2D eigenvalue weighted by Crippen LogP contribution is 2.03. The Bertz CT molecular complexity index is 558. The summed E-state index contributed by atoms with van der Waals surface area (Å²) >= 11 is 0. The number of nitrogens with one attached hydrogen (secondary N) is 2. The molecule has 21 heavy (non-hydrogen) atoms. The molecule has 0 aliphatic rings. The second kappa shape index (κ2) is 8.72. The van der Waals surface area contributed by atoms with Crippen LogP contribution in [0.15, 0.2) is 18.3 Å². The first-order chi connectivity index (χ1) is 10.0. The minimum atomic E-state index is -0.434. The molecule has 0 saturated heterocycles. The quantitative estimate of drug-likeness (QED) is 0.659. The van der Waals surface area contributed by atoms with Gasteiger partial charge in [0, 0.05) is 12.7 Å². The van der Waals surface area contributed by atoms with Gasteiger partial charge in [-0.15, -0.1) is 0 Å². The van der Waals surface area contributed by atoms with Crippen molar-refractivity contribution in [3.8, 4) is 11.8 Å². The number of hydrogen-bond donors (Lipinski definition) is 3. The van der Waals surface area contributed by atoms with Crippen molar-refractivity contribution in [2.75, 3.05) is 19.6 Å². The highest BCUT2D eigenvalue weighted by molar-refractivity contribution is 5.96. The number of carbonyl (C=O) groups is 2. The van der Waals surface area contributed by atoms with Gasteiger partial charge in [0.15, 0.2) is 0 Å². The molecular formula is C15H20N4O2. The lowest BCUT2D eigenvalue weighted by Crippen LogP contribution is -2.38. The highest BCUT2D eigenvalue weighted by atomic mass is 16.2. The predicted octanol–water partition coefficient (Wildman–Crippen LogP) is -0.106. The maximum Gasteiger partial charge on any atom is 0.271 e. The summed E-state index contributed by atoms with van der Waals surface area (Å²) in [5.41, 5.74) is 5.99. The standard InChI is InChI=1S/C15H20N4O2/c1-11(2)9-18-13(20)10-19-15(21)14-12(5-3-7-16)6-4-8-17-14/h4,6,8,11H,7,9-10,16H2,1-2H3,(H,18,20)(H,19,21). The lowest BCUT2D eigenvalue weighted by atomic mass is 10.2. The number of pyridine rings is 1. The molecule has 0 atom stereocenters. The van der Waals surface area contributed by atoms with Crippen LogP contribution in [0.4, 0.5) is 0 Å². The Morgan fingerprint density at radius 3 is 2.81 bits per heavy atom. The Kier molecular flexibility index (Phi) is 6.92. The topological polar surface area (TPSA) is 97.1 Å². The van der Waals surface area contributed by atoms with Gasteiger partial charge in [-0.25, -0.2) is 4.98 Å². The van der Waals surface area contributed by atoms with Gasteiger partial charge in [0.1, 0.15) is 5.69 Å². The smallest absolute Gasteiger partial charge is 0.271 e. The van der Waals surface area contributed by atoms with Crippen LogP contribution in [0.1, 0.15) is 29.9 Å². The van der Waals surface area contributed by atoms with Gasteiger partial charge in [-0.1, -0.05) is 25.7 Å². The van der Waals surface area contributed by atoms with Crippen LogP contribution in [0.2, 0.25) is 0 Å². The van der Waals surface area contributed by atoms with E-state index in [1.807, 2.05) is 13.8 Å². The van der Waals surface area contributed by atoms with Crippen molar-refractivity contribution < 1.29 is 9.59 Å². The molecular weight excluding hydrogens is 268 g/mol. The van der Waals surface area contributed by atoms with Gasteiger partial charge in [0.05, 0.1) is 18.7 Å². The van der Waals surface area contributed by atoms with E-state index in [0.29, 0.717) is 18.0 Å². The first kappa shape index (κ1) is 16.7. The van der Waals surface area contributed by atoms with E-state index in [4.69, 9.17) is 5.73 Å². The van der Waals surface area contributed by atoms with E-state index >= 15 is 0 Å². The zero-order chi connectivity index (χ0) is 15.7. The summed E-state index contributed by atoms with van der Waals surface area (Å²) in [4.78, 5) is 27.6. The van der Waals surface area contributed by atoms with Gasteiger partial charge in [0.25, 0.3) is 5.91 Å². The van der Waals surface area contributed by atoms with Crippen molar-refractivity contribution in [1.29, 1.82) is 0 Å². The maximum absolute atomic E-state index is 12.0. The Hall–Kier alpha value is -2.39. The van der Waals surface area contributed by atoms with Gasteiger partial charge >= 0.3 is 0 Å². The molecule has 6 nitrogen and oxygen atoms in total.